The summed E-state index contributed by atoms with van der Waals surface area (Å²) >= 11 is 0. The smallest absolute Gasteiger partial charge is 0.225 e. The van der Waals surface area contributed by atoms with Crippen LogP contribution in [0.25, 0.3) is 0 Å². The first-order valence-corrected chi connectivity index (χ1v) is 8.28. The minimum atomic E-state index is -0.570. The van der Waals surface area contributed by atoms with Gasteiger partial charge in [-0.1, -0.05) is 44.2 Å². The van der Waals surface area contributed by atoms with Crippen LogP contribution < -0.4 is 5.32 Å². The third-order valence-corrected chi connectivity index (χ3v) is 4.91. The van der Waals surface area contributed by atoms with Crippen LogP contribution in [0.15, 0.2) is 30.3 Å². The Morgan fingerprint density at radius 1 is 1.26 bits per heavy atom. The molecule has 1 unspecified atom stereocenters. The topological polar surface area (TPSA) is 66.4 Å². The highest BCUT2D eigenvalue weighted by Crippen LogP contribution is 2.54. The van der Waals surface area contributed by atoms with Crippen molar-refractivity contribution >= 4 is 11.7 Å². The molecule has 23 heavy (non-hydrogen) atoms. The van der Waals surface area contributed by atoms with Crippen molar-refractivity contribution < 1.29 is 14.7 Å². The quantitative estimate of drug-likeness (QED) is 0.774. The number of carbonyl (C=O) groups excluding carboxylic acids is 2. The van der Waals surface area contributed by atoms with E-state index in [1.54, 1.807) is 6.92 Å². The number of Topliss-reactive ketones (excluding diaryl/α,β-unsaturated/α-hetero) is 1. The van der Waals surface area contributed by atoms with Crippen LogP contribution >= 0.6 is 0 Å². The molecular formula is C19H27NO3. The minimum Gasteiger partial charge on any atom is -0.388 e. The van der Waals surface area contributed by atoms with Crippen LogP contribution in [0.5, 0.6) is 0 Å². The molecule has 0 spiro atoms. The predicted molar refractivity (Wildman–Crippen MR) is 89.8 cm³/mol. The zero-order valence-corrected chi connectivity index (χ0v) is 14.3. The highest BCUT2D eigenvalue weighted by Gasteiger charge is 2.49. The van der Waals surface area contributed by atoms with Crippen molar-refractivity contribution in [3.05, 3.63) is 35.9 Å². The van der Waals surface area contributed by atoms with Crippen LogP contribution in [-0.2, 0) is 9.59 Å². The van der Waals surface area contributed by atoms with Crippen LogP contribution in [0.2, 0.25) is 0 Å². The predicted octanol–water partition coefficient (Wildman–Crippen LogP) is 3.01. The first kappa shape index (κ1) is 17.7. The van der Waals surface area contributed by atoms with Crippen molar-refractivity contribution in [1.82, 2.24) is 5.32 Å². The molecule has 2 rings (SSSR count). The second-order valence-electron chi connectivity index (χ2n) is 7.44. The summed E-state index contributed by atoms with van der Waals surface area (Å²) in [7, 11) is 0. The molecule has 4 heteroatoms. The SMILES string of the molecule is CC(=O)CCC(C)(C)C(=O)NCC1(C(O)c2ccccc2)CC1. The number of hydrogen-bond acceptors (Lipinski definition) is 3. The Kier molecular flexibility index (Phi) is 5.25. The molecule has 1 aromatic rings. The third kappa shape index (κ3) is 4.41. The van der Waals surface area contributed by atoms with Crippen LogP contribution in [0.3, 0.4) is 0 Å². The maximum Gasteiger partial charge on any atom is 0.225 e. The maximum atomic E-state index is 12.4. The summed E-state index contributed by atoms with van der Waals surface area (Å²) in [5.74, 6) is 0.0503. The summed E-state index contributed by atoms with van der Waals surface area (Å²) < 4.78 is 0. The van der Waals surface area contributed by atoms with E-state index >= 15 is 0 Å². The van der Waals surface area contributed by atoms with Crippen LogP contribution in [-0.4, -0.2) is 23.3 Å². The standard InChI is InChI=1S/C19H27NO3/c1-14(21)9-10-18(2,3)17(23)20-13-19(11-12-19)16(22)15-7-5-4-6-8-15/h4-8,16,22H,9-13H2,1-3H3,(H,20,23). The maximum absolute atomic E-state index is 12.4. The van der Waals surface area contributed by atoms with Crippen LogP contribution in [0.1, 0.15) is 58.1 Å². The molecule has 0 heterocycles. The van der Waals surface area contributed by atoms with Crippen LogP contribution in [0.4, 0.5) is 0 Å². The Labute approximate surface area is 138 Å². The monoisotopic (exact) mass is 317 g/mol. The van der Waals surface area contributed by atoms with Gasteiger partial charge in [0.05, 0.1) is 6.10 Å². The fourth-order valence-electron chi connectivity index (χ4n) is 2.79. The Morgan fingerprint density at radius 2 is 1.87 bits per heavy atom. The van der Waals surface area contributed by atoms with E-state index in [-0.39, 0.29) is 17.1 Å². The van der Waals surface area contributed by atoms with Crippen molar-refractivity contribution in [1.29, 1.82) is 0 Å². The van der Waals surface area contributed by atoms with Gasteiger partial charge in [-0.25, -0.2) is 0 Å². The summed E-state index contributed by atoms with van der Waals surface area (Å²) in [6.07, 6.45) is 2.24. The van der Waals surface area contributed by atoms with Gasteiger partial charge in [0.1, 0.15) is 5.78 Å². The highest BCUT2D eigenvalue weighted by atomic mass is 16.3. The number of carbonyl (C=O) groups is 2. The number of benzene rings is 1. The molecule has 1 saturated carbocycles. The highest BCUT2D eigenvalue weighted by molar-refractivity contribution is 5.83. The van der Waals surface area contributed by atoms with Gasteiger partial charge >= 0.3 is 0 Å². The fraction of sp³-hybridized carbons (Fsp3) is 0.579. The van der Waals surface area contributed by atoms with Gasteiger partial charge < -0.3 is 15.2 Å². The summed E-state index contributed by atoms with van der Waals surface area (Å²) in [6, 6.07) is 9.60. The summed E-state index contributed by atoms with van der Waals surface area (Å²) in [5.41, 5.74) is 0.0858. The average molecular weight is 317 g/mol. The molecular weight excluding hydrogens is 290 g/mol. The van der Waals surface area contributed by atoms with Gasteiger partial charge in [0.25, 0.3) is 0 Å². The Hall–Kier alpha value is -1.68. The van der Waals surface area contributed by atoms with E-state index in [1.165, 1.54) is 0 Å². The molecule has 1 amide bonds. The van der Waals surface area contributed by atoms with Gasteiger partial charge in [-0.05, 0) is 31.7 Å². The molecule has 0 bridgehead atoms. The van der Waals surface area contributed by atoms with Crippen LogP contribution in [0, 0.1) is 10.8 Å². The number of hydrogen-bond donors (Lipinski definition) is 2. The van der Waals surface area contributed by atoms with E-state index in [1.807, 2.05) is 44.2 Å². The van der Waals surface area contributed by atoms with Crippen molar-refractivity contribution in [2.24, 2.45) is 10.8 Å². The molecule has 1 aromatic carbocycles. The molecule has 0 radical (unpaired) electrons. The zero-order valence-electron chi connectivity index (χ0n) is 14.3. The fourth-order valence-corrected chi connectivity index (χ4v) is 2.79. The Morgan fingerprint density at radius 3 is 2.39 bits per heavy atom. The average Bonchev–Trinajstić information content (AvgIpc) is 3.32. The first-order chi connectivity index (χ1) is 10.8. The van der Waals surface area contributed by atoms with Gasteiger partial charge in [0.2, 0.25) is 5.91 Å². The number of aliphatic hydroxyl groups excluding tert-OH is 1. The van der Waals surface area contributed by atoms with Crippen molar-refractivity contribution in [2.45, 2.75) is 52.6 Å². The van der Waals surface area contributed by atoms with E-state index in [0.717, 1.165) is 18.4 Å². The lowest BCUT2D eigenvalue weighted by Crippen LogP contribution is -2.41. The van der Waals surface area contributed by atoms with Gasteiger partial charge in [-0.2, -0.15) is 0 Å². The van der Waals surface area contributed by atoms with E-state index in [0.29, 0.717) is 19.4 Å². The number of aliphatic hydroxyl groups is 1. The molecule has 1 aliphatic rings. The molecule has 0 aromatic heterocycles. The summed E-state index contributed by atoms with van der Waals surface area (Å²) in [5, 5.41) is 13.6. The molecule has 4 nitrogen and oxygen atoms in total. The van der Waals surface area contributed by atoms with Crippen molar-refractivity contribution in [3.8, 4) is 0 Å². The minimum absolute atomic E-state index is 0.0507. The van der Waals surface area contributed by atoms with Gasteiger partial charge in [0.15, 0.2) is 0 Å². The zero-order chi connectivity index (χ0) is 17.1. The van der Waals surface area contributed by atoms with Crippen molar-refractivity contribution in [2.75, 3.05) is 6.54 Å². The molecule has 1 aliphatic carbocycles. The molecule has 2 N–H and O–H groups in total. The number of amides is 1. The largest absolute Gasteiger partial charge is 0.388 e. The summed E-state index contributed by atoms with van der Waals surface area (Å²) in [6.45, 7) is 5.74. The second-order valence-corrected chi connectivity index (χ2v) is 7.44. The first-order valence-electron chi connectivity index (χ1n) is 8.28. The number of nitrogens with one attached hydrogen (secondary N) is 1. The van der Waals surface area contributed by atoms with E-state index in [4.69, 9.17) is 0 Å². The molecule has 1 atom stereocenters. The normalized spacial score (nSPS) is 17.4. The third-order valence-electron chi connectivity index (χ3n) is 4.91. The lowest BCUT2D eigenvalue weighted by Gasteiger charge is -2.27. The Balaban J connectivity index is 1.92. The lowest BCUT2D eigenvalue weighted by atomic mass is 9.85. The van der Waals surface area contributed by atoms with Crippen molar-refractivity contribution in [3.63, 3.8) is 0 Å². The number of rotatable bonds is 8. The van der Waals surface area contributed by atoms with Gasteiger partial charge in [0, 0.05) is 23.8 Å². The van der Waals surface area contributed by atoms with E-state index in [2.05, 4.69) is 5.32 Å². The summed E-state index contributed by atoms with van der Waals surface area (Å²) in [4.78, 5) is 23.5. The van der Waals surface area contributed by atoms with Gasteiger partial charge in [-0.15, -0.1) is 0 Å². The van der Waals surface area contributed by atoms with Gasteiger partial charge in [-0.3, -0.25) is 4.79 Å². The molecule has 1 fully saturated rings. The van der Waals surface area contributed by atoms with E-state index < -0.39 is 11.5 Å². The Bertz CT molecular complexity index is 561. The lowest BCUT2D eigenvalue weighted by molar-refractivity contribution is -0.130. The second kappa shape index (κ2) is 6.83. The molecule has 126 valence electrons. The van der Waals surface area contributed by atoms with E-state index in [9.17, 15) is 14.7 Å². The molecule has 0 saturated heterocycles. The number of ketones is 1. The molecule has 0 aliphatic heterocycles.